The van der Waals surface area contributed by atoms with Gasteiger partial charge >= 0.3 is 0 Å². The first-order chi connectivity index (χ1) is 1.00. The first-order valence-electron chi connectivity index (χ1n) is 0.224. The molecule has 0 amide bonds. The second kappa shape index (κ2) is 3480. The minimum atomic E-state index is 0. The minimum absolute atomic E-state index is 0. The molecule has 0 spiro atoms. The molecule has 0 unspecified atom stereocenters. The first-order valence-corrected chi connectivity index (χ1v) is 0.224. The third kappa shape index (κ3) is 542. The predicted molar refractivity (Wildman–Crippen MR) is 11.0 cm³/mol. The number of hydrogen-bond acceptors (Lipinski definition) is 1. The zero-order chi connectivity index (χ0) is 2.00. The van der Waals surface area contributed by atoms with Crippen LogP contribution in [0.2, 0.25) is 0 Å². The fraction of sp³-hybridized carbons (Fsp3) is 0. The Hall–Kier alpha value is -0.0565. The molecule has 0 aliphatic rings. The maximum atomic E-state index is 6.25. The van der Waals surface area contributed by atoms with Crippen LogP contribution in [0, 0.1) is 11.8 Å². The molecule has 28 valence electrons. The quantitative estimate of drug-likeness (QED) is 0.351. The van der Waals surface area contributed by atoms with Crippen molar-refractivity contribution in [3.8, 4) is 0 Å². The second-order valence-corrected chi connectivity index (χ2v) is 0. The van der Waals surface area contributed by atoms with E-state index in [0.29, 0.717) is 0 Å². The Morgan fingerprint density at radius 3 is 1.25 bits per heavy atom. The molecule has 0 saturated heterocycles. The minimum Gasteiger partial charge on any atom is -0.512 e. The second-order valence-electron chi connectivity index (χ2n) is 0. The molecule has 0 aromatic carbocycles. The maximum absolute atomic E-state index is 6.25. The molecule has 0 aromatic rings. The summed E-state index contributed by atoms with van der Waals surface area (Å²) in [6.45, 7) is 4.75. The van der Waals surface area contributed by atoms with Gasteiger partial charge in [0.25, 0.3) is 0 Å². The van der Waals surface area contributed by atoms with Crippen molar-refractivity contribution in [2.24, 2.45) is 0 Å². The topological polar surface area (TPSA) is 60.3 Å². The van der Waals surface area contributed by atoms with E-state index in [9.17, 15) is 0 Å². The number of quaternary nitrogens is 1. The van der Waals surface area contributed by atoms with Crippen molar-refractivity contribution in [2.75, 3.05) is 0 Å². The smallest absolute Gasteiger partial charge is 0 e. The molecular formula is CH4N2Ni. The molecule has 0 radical (unpaired) electrons. The van der Waals surface area contributed by atoms with E-state index in [1.54, 1.807) is 0 Å². The summed E-state index contributed by atoms with van der Waals surface area (Å²) in [5.41, 5.74) is 0. The Balaban J connectivity index is -0.00000000500. The van der Waals surface area contributed by atoms with E-state index in [2.05, 4.69) is 0 Å². The van der Waals surface area contributed by atoms with Crippen LogP contribution in [0.4, 0.5) is 0 Å². The molecule has 0 aliphatic heterocycles. The van der Waals surface area contributed by atoms with Gasteiger partial charge < -0.3 is 18.0 Å². The van der Waals surface area contributed by atoms with Gasteiger partial charge in [-0.25, -0.2) is 0 Å². The van der Waals surface area contributed by atoms with Crippen LogP contribution < -0.4 is 6.15 Å². The summed E-state index contributed by atoms with van der Waals surface area (Å²) in [4.78, 5) is 0. The standard InChI is InChI=1S/CN.H3N.Ni/c1-2;;/h;1H3;/q-1;;/p+1. The summed E-state index contributed by atoms with van der Waals surface area (Å²) < 4.78 is 0. The van der Waals surface area contributed by atoms with Crippen molar-refractivity contribution >= 4 is 0 Å². The van der Waals surface area contributed by atoms with Crippen LogP contribution in [0.15, 0.2) is 0 Å². The third-order valence-electron chi connectivity index (χ3n) is 0. The van der Waals surface area contributed by atoms with Gasteiger partial charge in [0.15, 0.2) is 0 Å². The van der Waals surface area contributed by atoms with E-state index in [-0.39, 0.29) is 22.6 Å². The Morgan fingerprint density at radius 1 is 1.25 bits per heavy atom. The monoisotopic (exact) mass is 102 g/mol. The Kier molecular flexibility index (Phi) is 33400. The molecule has 0 aromatic heterocycles. The molecule has 0 bridgehead atoms. The summed E-state index contributed by atoms with van der Waals surface area (Å²) >= 11 is 0. The van der Waals surface area contributed by atoms with Crippen LogP contribution in [0.5, 0.6) is 0 Å². The molecule has 0 atom stereocenters. The molecular weight excluding hydrogens is 98.7 g/mol. The van der Waals surface area contributed by atoms with Crippen molar-refractivity contribution in [1.29, 1.82) is 5.26 Å². The molecule has 0 aliphatic carbocycles. The van der Waals surface area contributed by atoms with E-state index in [1.807, 2.05) is 0 Å². The van der Waals surface area contributed by atoms with Crippen molar-refractivity contribution in [3.05, 3.63) is 6.57 Å². The van der Waals surface area contributed by atoms with Gasteiger partial charge in [0.1, 0.15) is 0 Å². The van der Waals surface area contributed by atoms with Crippen LogP contribution in [-0.2, 0) is 16.5 Å². The maximum Gasteiger partial charge on any atom is 0 e. The zero-order valence-electron chi connectivity index (χ0n) is 2.26. The summed E-state index contributed by atoms with van der Waals surface area (Å²) in [5, 5.41) is 6.25. The Labute approximate surface area is 35.3 Å². The molecule has 3 heteroatoms. The van der Waals surface area contributed by atoms with Crippen LogP contribution in [-0.4, -0.2) is 0 Å². The predicted octanol–water partition coefficient (Wildman–Crippen LogP) is 0.470. The van der Waals surface area contributed by atoms with Gasteiger partial charge in [-0.15, -0.1) is 0 Å². The van der Waals surface area contributed by atoms with Gasteiger partial charge in [0.2, 0.25) is 0 Å². The normalized spacial score (nSPS) is 0.500. The van der Waals surface area contributed by atoms with Gasteiger partial charge in [-0.2, -0.15) is 0 Å². The van der Waals surface area contributed by atoms with Crippen LogP contribution in [0.25, 0.3) is 0 Å². The first kappa shape index (κ1) is 38.4. The van der Waals surface area contributed by atoms with Crippen LogP contribution in [0.1, 0.15) is 0 Å². The Bertz CT molecular complexity index is 10.8. The zero-order valence-corrected chi connectivity index (χ0v) is 3.25. The van der Waals surface area contributed by atoms with Gasteiger partial charge in [-0.3, -0.25) is 0 Å². The SMILES string of the molecule is [C-]#N.[NH4+].[Ni]. The van der Waals surface area contributed by atoms with Crippen molar-refractivity contribution in [1.82, 2.24) is 6.15 Å². The number of rotatable bonds is 0. The molecule has 4 N–H and O–H groups in total. The fourth-order valence-corrected chi connectivity index (χ4v) is 0. The van der Waals surface area contributed by atoms with Gasteiger partial charge in [-0.05, 0) is 0 Å². The van der Waals surface area contributed by atoms with Crippen LogP contribution >= 0.6 is 0 Å². The molecule has 0 heterocycles. The molecule has 0 rings (SSSR count). The van der Waals surface area contributed by atoms with E-state index in [0.717, 1.165) is 0 Å². The largest absolute Gasteiger partial charge is 0.512 e. The van der Waals surface area contributed by atoms with Crippen molar-refractivity contribution in [2.45, 2.75) is 0 Å². The van der Waals surface area contributed by atoms with E-state index >= 15 is 0 Å². The van der Waals surface area contributed by atoms with E-state index < -0.39 is 0 Å². The molecule has 0 saturated carbocycles. The molecule has 2 nitrogen and oxygen atoms in total. The Morgan fingerprint density at radius 2 is 1.25 bits per heavy atom. The van der Waals surface area contributed by atoms with Crippen molar-refractivity contribution in [3.63, 3.8) is 0 Å². The average Bonchev–Trinajstić information content (AvgIpc) is 1.00. The number of nitrogens with zero attached hydrogens (tertiary/aromatic N) is 1. The van der Waals surface area contributed by atoms with Crippen molar-refractivity contribution < 1.29 is 16.5 Å². The van der Waals surface area contributed by atoms with Gasteiger partial charge in [0, 0.05) is 16.5 Å². The van der Waals surface area contributed by atoms with E-state index in [4.69, 9.17) is 11.8 Å². The molecule has 0 fully saturated rings. The van der Waals surface area contributed by atoms with Gasteiger partial charge in [-0.1, -0.05) is 0 Å². The fourth-order valence-electron chi connectivity index (χ4n) is 0. The van der Waals surface area contributed by atoms with Gasteiger partial charge in [0.05, 0.1) is 0 Å². The van der Waals surface area contributed by atoms with Crippen LogP contribution in [0.3, 0.4) is 0 Å². The third-order valence-corrected chi connectivity index (χ3v) is 0. The summed E-state index contributed by atoms with van der Waals surface area (Å²) in [6, 6.07) is 0. The average molecular weight is 103 g/mol. The molecule has 4 heavy (non-hydrogen) atoms. The summed E-state index contributed by atoms with van der Waals surface area (Å²) in [5.74, 6) is 0. The number of hydrogen-bond donors (Lipinski definition) is 1. The summed E-state index contributed by atoms with van der Waals surface area (Å²) in [6.07, 6.45) is 0. The van der Waals surface area contributed by atoms with E-state index in [1.165, 1.54) is 0 Å². The summed E-state index contributed by atoms with van der Waals surface area (Å²) in [7, 11) is 0.